The van der Waals surface area contributed by atoms with Crippen LogP contribution in [0.25, 0.3) is 0 Å². The van der Waals surface area contributed by atoms with Crippen molar-refractivity contribution in [2.45, 2.75) is 11.3 Å². The van der Waals surface area contributed by atoms with Gasteiger partial charge in [-0.1, -0.05) is 60.3 Å². The minimum Gasteiger partial charge on any atom is -0.497 e. The highest BCUT2D eigenvalue weighted by molar-refractivity contribution is 8.14. The fraction of sp³-hybridized carbons (Fsp3) is 0.179. The third-order valence-electron chi connectivity index (χ3n) is 5.79. The first-order chi connectivity index (χ1) is 18.9. The highest BCUT2D eigenvalue weighted by Gasteiger charge is 2.43. The normalized spacial score (nSPS) is 17.9. The van der Waals surface area contributed by atoms with Gasteiger partial charge in [-0.3, -0.25) is 29.1 Å². The van der Waals surface area contributed by atoms with Crippen molar-refractivity contribution in [3.63, 3.8) is 0 Å². The van der Waals surface area contributed by atoms with Crippen LogP contribution < -0.4 is 20.3 Å². The molecule has 2 atom stereocenters. The van der Waals surface area contributed by atoms with E-state index in [0.29, 0.717) is 17.0 Å². The van der Waals surface area contributed by atoms with E-state index in [9.17, 15) is 19.2 Å². The van der Waals surface area contributed by atoms with Crippen molar-refractivity contribution in [3.05, 3.63) is 96.1 Å². The van der Waals surface area contributed by atoms with Gasteiger partial charge >= 0.3 is 5.97 Å². The summed E-state index contributed by atoms with van der Waals surface area (Å²) in [5.74, 6) is -2.05. The lowest BCUT2D eigenvalue weighted by atomic mass is 10.0. The number of nitrogens with zero attached hydrogens (tertiary/aromatic N) is 2. The van der Waals surface area contributed by atoms with Crippen LogP contribution in [-0.2, 0) is 14.4 Å². The first-order valence-corrected chi connectivity index (χ1v) is 12.8. The number of carbonyl (C=O) groups is 4. The Morgan fingerprint density at radius 1 is 0.974 bits per heavy atom. The highest BCUT2D eigenvalue weighted by Crippen LogP contribution is 2.41. The van der Waals surface area contributed by atoms with Crippen molar-refractivity contribution >= 4 is 46.3 Å². The van der Waals surface area contributed by atoms with E-state index in [1.807, 2.05) is 30.3 Å². The number of amides is 3. The molecule has 0 saturated carbocycles. The average molecular weight is 547 g/mol. The summed E-state index contributed by atoms with van der Waals surface area (Å²) in [5, 5.41) is 13.7. The number of methoxy groups -OCH3 is 1. The molecule has 4 rings (SSSR count). The van der Waals surface area contributed by atoms with E-state index in [0.717, 1.165) is 5.56 Å². The van der Waals surface area contributed by atoms with Crippen LogP contribution in [0.2, 0.25) is 0 Å². The van der Waals surface area contributed by atoms with Gasteiger partial charge in [-0.25, -0.2) is 0 Å². The fourth-order valence-corrected chi connectivity index (χ4v) is 5.18. The summed E-state index contributed by atoms with van der Waals surface area (Å²) in [5.41, 5.74) is 1.66. The third kappa shape index (κ3) is 6.82. The molecular formula is C28H26N4O6S. The lowest BCUT2D eigenvalue weighted by Crippen LogP contribution is -2.56. The molecule has 39 heavy (non-hydrogen) atoms. The Balaban J connectivity index is 1.73. The molecule has 11 heteroatoms. The van der Waals surface area contributed by atoms with Gasteiger partial charge in [0, 0.05) is 5.56 Å². The van der Waals surface area contributed by atoms with Gasteiger partial charge in [0.05, 0.1) is 18.0 Å². The van der Waals surface area contributed by atoms with Gasteiger partial charge in [0.15, 0.2) is 5.17 Å². The van der Waals surface area contributed by atoms with E-state index in [2.05, 4.69) is 15.6 Å². The topological polar surface area (TPSA) is 137 Å². The summed E-state index contributed by atoms with van der Waals surface area (Å²) in [6, 6.07) is 23.6. The third-order valence-corrected chi connectivity index (χ3v) is 7.11. The lowest BCUT2D eigenvalue weighted by Gasteiger charge is -2.38. The summed E-state index contributed by atoms with van der Waals surface area (Å²) < 4.78 is 5.24. The molecule has 3 amide bonds. The molecule has 0 aromatic heterocycles. The van der Waals surface area contributed by atoms with Gasteiger partial charge in [0.25, 0.3) is 11.8 Å². The van der Waals surface area contributed by atoms with Crippen molar-refractivity contribution in [2.24, 2.45) is 4.99 Å². The summed E-state index contributed by atoms with van der Waals surface area (Å²) in [6.45, 7) is -0.934. The number of carboxylic acid groups (broad SMARTS) is 1. The number of ether oxygens (including phenoxy) is 1. The minimum atomic E-state index is -1.18. The molecule has 10 nitrogen and oxygen atoms in total. The van der Waals surface area contributed by atoms with Gasteiger partial charge in [-0.15, -0.1) is 0 Å². The number of hydrogen-bond donors (Lipinski definition) is 3. The number of aliphatic carboxylic acids is 1. The van der Waals surface area contributed by atoms with E-state index in [4.69, 9.17) is 9.84 Å². The molecule has 1 saturated heterocycles. The Bertz CT molecular complexity index is 1370. The van der Waals surface area contributed by atoms with E-state index >= 15 is 0 Å². The summed E-state index contributed by atoms with van der Waals surface area (Å²) in [7, 11) is 1.53. The quantitative estimate of drug-likeness (QED) is 0.375. The molecule has 200 valence electrons. The molecular weight excluding hydrogens is 520 g/mol. The van der Waals surface area contributed by atoms with Crippen LogP contribution in [0.5, 0.6) is 5.75 Å². The molecule has 3 aromatic carbocycles. The second kappa shape index (κ2) is 12.7. The van der Waals surface area contributed by atoms with E-state index in [1.165, 1.54) is 23.8 Å². The van der Waals surface area contributed by atoms with E-state index < -0.39 is 48.1 Å². The average Bonchev–Trinajstić information content (AvgIpc) is 2.97. The number of amidine groups is 1. The second-order valence-corrected chi connectivity index (χ2v) is 9.52. The monoisotopic (exact) mass is 546 g/mol. The van der Waals surface area contributed by atoms with Crippen LogP contribution in [0.15, 0.2) is 89.9 Å². The van der Waals surface area contributed by atoms with Gasteiger partial charge in [0.2, 0.25) is 5.91 Å². The van der Waals surface area contributed by atoms with Gasteiger partial charge < -0.3 is 20.5 Å². The van der Waals surface area contributed by atoms with Gasteiger partial charge in [-0.05, 0) is 42.0 Å². The molecule has 1 aliphatic rings. The molecule has 0 spiro atoms. The Morgan fingerprint density at radius 2 is 1.62 bits per heavy atom. The maximum Gasteiger partial charge on any atom is 0.322 e. The maximum absolute atomic E-state index is 14.1. The predicted molar refractivity (Wildman–Crippen MR) is 148 cm³/mol. The van der Waals surface area contributed by atoms with Crippen LogP contribution in [0, 0.1) is 0 Å². The number of carboxylic acids is 1. The maximum atomic E-state index is 14.1. The Labute approximate surface area is 229 Å². The molecule has 0 bridgehead atoms. The number of aliphatic imine (C=N–C) groups is 1. The zero-order valence-corrected chi connectivity index (χ0v) is 21.8. The molecule has 1 heterocycles. The molecule has 0 unspecified atom stereocenters. The van der Waals surface area contributed by atoms with Crippen molar-refractivity contribution in [1.29, 1.82) is 0 Å². The Kier molecular flexibility index (Phi) is 8.95. The highest BCUT2D eigenvalue weighted by atomic mass is 32.2. The number of hydrogen-bond acceptors (Lipinski definition) is 7. The molecule has 1 fully saturated rings. The largest absolute Gasteiger partial charge is 0.497 e. The van der Waals surface area contributed by atoms with Crippen molar-refractivity contribution < 1.29 is 29.0 Å². The van der Waals surface area contributed by atoms with Crippen LogP contribution in [-0.4, -0.2) is 60.2 Å². The van der Waals surface area contributed by atoms with Crippen LogP contribution in [0.4, 0.5) is 5.69 Å². The Morgan fingerprint density at radius 3 is 2.23 bits per heavy atom. The molecule has 3 N–H and O–H groups in total. The first kappa shape index (κ1) is 27.4. The fourth-order valence-electron chi connectivity index (χ4n) is 3.90. The van der Waals surface area contributed by atoms with Crippen molar-refractivity contribution in [3.8, 4) is 5.75 Å². The summed E-state index contributed by atoms with van der Waals surface area (Å²) in [4.78, 5) is 56.1. The van der Waals surface area contributed by atoms with Gasteiger partial charge in [0.1, 0.15) is 24.9 Å². The zero-order chi connectivity index (χ0) is 27.8. The summed E-state index contributed by atoms with van der Waals surface area (Å²) >= 11 is 1.23. The zero-order valence-electron chi connectivity index (χ0n) is 20.9. The standard InChI is InChI=1S/C28H26N4O6S/c1-38-21-14-12-20(13-15-21)32-27(37)24(31-26(36)19-10-6-3-7-11-19)25(18-8-4-2-5-9-18)39-28(32)30-16-22(33)29-17-23(34)35/h2-15,24-25H,16-17H2,1H3,(H,29,33)(H,31,36)(H,34,35)/t24-,25+/m0/s1. The number of anilines is 1. The second-order valence-electron chi connectivity index (χ2n) is 8.41. The smallest absolute Gasteiger partial charge is 0.322 e. The number of nitrogens with one attached hydrogen (secondary N) is 2. The number of rotatable bonds is 9. The molecule has 1 aliphatic heterocycles. The number of thioether (sulfide) groups is 1. The predicted octanol–water partition coefficient (Wildman–Crippen LogP) is 2.87. The molecule has 3 aromatic rings. The van der Waals surface area contributed by atoms with Crippen LogP contribution in [0.3, 0.4) is 0 Å². The van der Waals surface area contributed by atoms with E-state index in [1.54, 1.807) is 54.6 Å². The van der Waals surface area contributed by atoms with Crippen LogP contribution in [0.1, 0.15) is 21.2 Å². The molecule has 0 aliphatic carbocycles. The van der Waals surface area contributed by atoms with Crippen LogP contribution >= 0.6 is 11.8 Å². The van der Waals surface area contributed by atoms with Crippen molar-refractivity contribution in [2.75, 3.05) is 25.1 Å². The Hall–Kier alpha value is -4.64. The van der Waals surface area contributed by atoms with Crippen molar-refractivity contribution in [1.82, 2.24) is 10.6 Å². The van der Waals surface area contributed by atoms with Gasteiger partial charge in [-0.2, -0.15) is 0 Å². The summed E-state index contributed by atoms with van der Waals surface area (Å²) in [6.07, 6.45) is 0. The minimum absolute atomic E-state index is 0.231. The van der Waals surface area contributed by atoms with E-state index in [-0.39, 0.29) is 5.17 Å². The number of benzene rings is 3. The SMILES string of the molecule is COc1ccc(N2C(=O)[C@@H](NC(=O)c3ccccc3)[C@@H](c3ccccc3)SC2=NCC(=O)NCC(=O)O)cc1. The first-order valence-electron chi connectivity index (χ1n) is 12.0. The molecule has 0 radical (unpaired) electrons. The number of carbonyl (C=O) groups excluding carboxylic acids is 3. The lowest BCUT2D eigenvalue weighted by molar-refractivity contribution is -0.137.